The lowest BCUT2D eigenvalue weighted by molar-refractivity contribution is -0.117. The van der Waals surface area contributed by atoms with Crippen LogP contribution in [0, 0.1) is 0 Å². The highest BCUT2D eigenvalue weighted by Crippen LogP contribution is 2.24. The van der Waals surface area contributed by atoms with Crippen molar-refractivity contribution in [3.8, 4) is 0 Å². The van der Waals surface area contributed by atoms with Gasteiger partial charge in [-0.3, -0.25) is 4.79 Å². The molecule has 5 nitrogen and oxygen atoms in total. The number of rotatable bonds is 7. The van der Waals surface area contributed by atoms with E-state index in [1.54, 1.807) is 6.07 Å². The zero-order valence-corrected chi connectivity index (χ0v) is 11.4. The molecule has 0 aliphatic carbocycles. The first-order valence-corrected chi connectivity index (χ1v) is 6.33. The van der Waals surface area contributed by atoms with E-state index in [4.69, 9.17) is 21.4 Å². The zero-order chi connectivity index (χ0) is 14.3. The van der Waals surface area contributed by atoms with E-state index in [0.717, 1.165) is 6.42 Å². The molecular formula is C13H16ClNO4. The third-order valence-corrected chi connectivity index (χ3v) is 2.64. The van der Waals surface area contributed by atoms with Gasteiger partial charge in [-0.1, -0.05) is 24.6 Å². The van der Waals surface area contributed by atoms with Crippen LogP contribution in [-0.2, 0) is 9.53 Å². The zero-order valence-electron chi connectivity index (χ0n) is 10.6. The first-order chi connectivity index (χ1) is 9.06. The maximum Gasteiger partial charge on any atom is 0.339 e. The van der Waals surface area contributed by atoms with E-state index in [2.05, 4.69) is 5.32 Å². The first-order valence-electron chi connectivity index (χ1n) is 5.95. The Balaban J connectivity index is 2.64. The van der Waals surface area contributed by atoms with Crippen molar-refractivity contribution >= 4 is 29.2 Å². The molecule has 2 N–H and O–H groups in total. The Bertz CT molecular complexity index is 462. The van der Waals surface area contributed by atoms with Crippen LogP contribution >= 0.6 is 11.6 Å². The van der Waals surface area contributed by atoms with Crippen LogP contribution in [0.5, 0.6) is 0 Å². The first kappa shape index (κ1) is 15.5. The van der Waals surface area contributed by atoms with Gasteiger partial charge in [0.1, 0.15) is 5.56 Å². The molecule has 19 heavy (non-hydrogen) atoms. The third-order valence-electron chi connectivity index (χ3n) is 2.32. The Kier molecular flexibility index (Phi) is 6.32. The Labute approximate surface area is 116 Å². The van der Waals surface area contributed by atoms with Crippen LogP contribution in [0.1, 0.15) is 30.1 Å². The summed E-state index contributed by atoms with van der Waals surface area (Å²) >= 11 is 5.80. The number of carboxylic acid groups (broad SMARTS) is 1. The molecule has 0 heterocycles. The second-order valence-electron chi connectivity index (χ2n) is 3.88. The summed E-state index contributed by atoms with van der Waals surface area (Å²) in [6, 6.07) is 4.54. The minimum atomic E-state index is -1.18. The van der Waals surface area contributed by atoms with Gasteiger partial charge < -0.3 is 15.2 Å². The molecule has 0 fully saturated rings. The lowest BCUT2D eigenvalue weighted by atomic mass is 10.1. The van der Waals surface area contributed by atoms with Crippen LogP contribution in [0.2, 0.25) is 5.02 Å². The van der Waals surface area contributed by atoms with E-state index >= 15 is 0 Å². The quantitative estimate of drug-likeness (QED) is 0.755. The van der Waals surface area contributed by atoms with Crippen LogP contribution in [0.15, 0.2) is 18.2 Å². The van der Waals surface area contributed by atoms with E-state index in [1.165, 1.54) is 12.1 Å². The predicted molar refractivity (Wildman–Crippen MR) is 72.8 cm³/mol. The van der Waals surface area contributed by atoms with E-state index in [9.17, 15) is 9.59 Å². The van der Waals surface area contributed by atoms with Gasteiger partial charge in [0.25, 0.3) is 0 Å². The fraction of sp³-hybridized carbons (Fsp3) is 0.385. The molecule has 0 aliphatic heterocycles. The van der Waals surface area contributed by atoms with Crippen LogP contribution in [0.3, 0.4) is 0 Å². The van der Waals surface area contributed by atoms with Gasteiger partial charge in [0.2, 0.25) is 5.91 Å². The Morgan fingerprint density at radius 2 is 2.11 bits per heavy atom. The summed E-state index contributed by atoms with van der Waals surface area (Å²) in [5.74, 6) is -1.48. The molecule has 0 aliphatic rings. The van der Waals surface area contributed by atoms with Crippen molar-refractivity contribution in [2.45, 2.75) is 19.8 Å². The fourth-order valence-electron chi connectivity index (χ4n) is 1.47. The van der Waals surface area contributed by atoms with Crippen molar-refractivity contribution in [3.05, 3.63) is 28.8 Å². The largest absolute Gasteiger partial charge is 0.478 e. The lowest BCUT2D eigenvalue weighted by Gasteiger charge is -2.09. The van der Waals surface area contributed by atoms with E-state index in [1.807, 2.05) is 6.92 Å². The summed E-state index contributed by atoms with van der Waals surface area (Å²) < 4.78 is 5.19. The highest BCUT2D eigenvalue weighted by Gasteiger charge is 2.15. The molecule has 0 saturated heterocycles. The fourth-order valence-corrected chi connectivity index (χ4v) is 1.73. The number of anilines is 1. The summed E-state index contributed by atoms with van der Waals surface area (Å²) in [7, 11) is 0. The predicted octanol–water partition coefficient (Wildman–Crippen LogP) is 2.79. The second-order valence-corrected chi connectivity index (χ2v) is 4.29. The molecular weight excluding hydrogens is 270 g/mol. The second kappa shape index (κ2) is 7.76. The molecule has 0 bridgehead atoms. The van der Waals surface area contributed by atoms with Crippen LogP contribution in [0.4, 0.5) is 5.69 Å². The van der Waals surface area contributed by atoms with Crippen molar-refractivity contribution in [2.75, 3.05) is 18.5 Å². The Hall–Kier alpha value is -1.59. The van der Waals surface area contributed by atoms with Crippen molar-refractivity contribution in [3.63, 3.8) is 0 Å². The van der Waals surface area contributed by atoms with Crippen LogP contribution < -0.4 is 5.32 Å². The number of hydrogen-bond acceptors (Lipinski definition) is 3. The molecule has 1 aromatic rings. The van der Waals surface area contributed by atoms with Gasteiger partial charge in [-0.2, -0.15) is 0 Å². The number of carboxylic acids is 1. The van der Waals surface area contributed by atoms with Crippen molar-refractivity contribution in [1.29, 1.82) is 0 Å². The topological polar surface area (TPSA) is 75.6 Å². The lowest BCUT2D eigenvalue weighted by Crippen LogP contribution is -2.16. The van der Waals surface area contributed by atoms with Gasteiger partial charge in [-0.25, -0.2) is 4.79 Å². The average Bonchev–Trinajstić information content (AvgIpc) is 2.34. The number of aromatic carboxylic acids is 1. The summed E-state index contributed by atoms with van der Waals surface area (Å²) in [4.78, 5) is 22.7. The van der Waals surface area contributed by atoms with Gasteiger partial charge in [0, 0.05) is 6.61 Å². The SMILES string of the molecule is CCCOCCC(=O)Nc1cccc(Cl)c1C(=O)O. The molecule has 1 rings (SSSR count). The molecule has 0 spiro atoms. The van der Waals surface area contributed by atoms with E-state index in [-0.39, 0.29) is 28.6 Å². The van der Waals surface area contributed by atoms with Crippen molar-refractivity contribution in [2.24, 2.45) is 0 Å². The number of amides is 1. The highest BCUT2D eigenvalue weighted by atomic mass is 35.5. The van der Waals surface area contributed by atoms with Crippen molar-refractivity contribution in [1.82, 2.24) is 0 Å². The molecule has 0 unspecified atom stereocenters. The smallest absolute Gasteiger partial charge is 0.339 e. The monoisotopic (exact) mass is 285 g/mol. The number of hydrogen-bond donors (Lipinski definition) is 2. The van der Waals surface area contributed by atoms with Crippen molar-refractivity contribution < 1.29 is 19.4 Å². The summed E-state index contributed by atoms with van der Waals surface area (Å²) in [6.45, 7) is 2.89. The summed E-state index contributed by atoms with van der Waals surface area (Å²) in [6.07, 6.45) is 1.06. The summed E-state index contributed by atoms with van der Waals surface area (Å²) in [5.41, 5.74) is 0.0903. The maximum absolute atomic E-state index is 11.6. The third kappa shape index (κ3) is 4.89. The van der Waals surface area contributed by atoms with Gasteiger partial charge in [-0.15, -0.1) is 0 Å². The van der Waals surface area contributed by atoms with E-state index < -0.39 is 5.97 Å². The summed E-state index contributed by atoms with van der Waals surface area (Å²) in [5, 5.41) is 11.7. The number of halogens is 1. The van der Waals surface area contributed by atoms with Gasteiger partial charge in [-0.05, 0) is 18.6 Å². The molecule has 6 heteroatoms. The molecule has 0 saturated carbocycles. The highest BCUT2D eigenvalue weighted by molar-refractivity contribution is 6.34. The average molecular weight is 286 g/mol. The Morgan fingerprint density at radius 1 is 1.37 bits per heavy atom. The van der Waals surface area contributed by atoms with Gasteiger partial charge in [0.05, 0.1) is 23.7 Å². The normalized spacial score (nSPS) is 10.2. The van der Waals surface area contributed by atoms with Gasteiger partial charge >= 0.3 is 5.97 Å². The Morgan fingerprint density at radius 3 is 2.74 bits per heavy atom. The molecule has 0 aromatic heterocycles. The van der Waals surface area contributed by atoms with E-state index in [0.29, 0.717) is 13.2 Å². The molecule has 0 radical (unpaired) electrons. The van der Waals surface area contributed by atoms with Crippen LogP contribution in [-0.4, -0.2) is 30.2 Å². The minimum absolute atomic E-state index is 0.0903. The maximum atomic E-state index is 11.6. The molecule has 1 aromatic carbocycles. The number of nitrogens with one attached hydrogen (secondary N) is 1. The molecule has 0 atom stereocenters. The standard InChI is InChI=1S/C13H16ClNO4/c1-2-7-19-8-6-11(16)15-10-5-3-4-9(14)12(10)13(17)18/h3-5H,2,6-8H2,1H3,(H,15,16)(H,17,18). The van der Waals surface area contributed by atoms with Gasteiger partial charge in [0.15, 0.2) is 0 Å². The number of benzene rings is 1. The number of carbonyl (C=O) groups excluding carboxylic acids is 1. The van der Waals surface area contributed by atoms with Crippen LogP contribution in [0.25, 0.3) is 0 Å². The minimum Gasteiger partial charge on any atom is -0.478 e. The number of ether oxygens (including phenoxy) is 1. The molecule has 1 amide bonds. The number of carbonyl (C=O) groups is 2. The molecule has 104 valence electrons.